The van der Waals surface area contributed by atoms with E-state index in [-0.39, 0.29) is 17.8 Å². The topological polar surface area (TPSA) is 63.0 Å². The lowest BCUT2D eigenvalue weighted by Crippen LogP contribution is -2.28. The highest BCUT2D eigenvalue weighted by molar-refractivity contribution is 5.90. The molecule has 4 heteroatoms. The van der Waals surface area contributed by atoms with Gasteiger partial charge in [0.05, 0.1) is 17.9 Å². The van der Waals surface area contributed by atoms with Gasteiger partial charge in [-0.1, -0.05) is 13.0 Å². The van der Waals surface area contributed by atoms with Crippen molar-refractivity contribution < 1.29 is 9.53 Å². The first-order valence-corrected chi connectivity index (χ1v) is 6.23. The molecule has 18 heavy (non-hydrogen) atoms. The normalized spacial score (nSPS) is 24.4. The molecule has 4 nitrogen and oxygen atoms in total. The molecule has 1 aromatic heterocycles. The summed E-state index contributed by atoms with van der Waals surface area (Å²) in [4.78, 5) is 16.5. The van der Waals surface area contributed by atoms with Gasteiger partial charge in [-0.05, 0) is 25.0 Å². The first kappa shape index (κ1) is 12.7. The van der Waals surface area contributed by atoms with Crippen molar-refractivity contribution in [3.05, 3.63) is 30.1 Å². The van der Waals surface area contributed by atoms with E-state index in [1.807, 2.05) is 6.92 Å². The molecule has 2 rings (SSSR count). The number of ketones is 1. The Labute approximate surface area is 107 Å². The number of aromatic nitrogens is 1. The molecular formula is C14H16N2O2. The summed E-state index contributed by atoms with van der Waals surface area (Å²) in [6, 6.07) is 7.36. The van der Waals surface area contributed by atoms with Crippen LogP contribution < -0.4 is 0 Å². The Morgan fingerprint density at radius 2 is 2.50 bits per heavy atom. The largest absolute Gasteiger partial charge is 0.377 e. The van der Waals surface area contributed by atoms with Crippen LogP contribution in [0, 0.1) is 17.2 Å². The molecule has 2 heterocycles. The Balaban J connectivity index is 2.19. The summed E-state index contributed by atoms with van der Waals surface area (Å²) in [5.41, 5.74) is 0.534. The number of nitriles is 1. The van der Waals surface area contributed by atoms with Crippen molar-refractivity contribution in [2.24, 2.45) is 5.92 Å². The van der Waals surface area contributed by atoms with Gasteiger partial charge >= 0.3 is 0 Å². The Kier molecular flexibility index (Phi) is 4.06. The molecule has 1 aliphatic rings. The third-order valence-electron chi connectivity index (χ3n) is 3.37. The van der Waals surface area contributed by atoms with Crippen LogP contribution in [0.2, 0.25) is 0 Å². The van der Waals surface area contributed by atoms with E-state index in [0.29, 0.717) is 18.7 Å². The average molecular weight is 244 g/mol. The lowest BCUT2D eigenvalue weighted by Gasteiger charge is -2.18. The van der Waals surface area contributed by atoms with Gasteiger partial charge in [0.25, 0.3) is 0 Å². The van der Waals surface area contributed by atoms with E-state index in [1.54, 1.807) is 24.4 Å². The maximum Gasteiger partial charge on any atom is 0.161 e. The summed E-state index contributed by atoms with van der Waals surface area (Å²) < 4.78 is 5.52. The van der Waals surface area contributed by atoms with Crippen LogP contribution in [0.5, 0.6) is 0 Å². The summed E-state index contributed by atoms with van der Waals surface area (Å²) in [7, 11) is 0. The predicted molar refractivity (Wildman–Crippen MR) is 65.7 cm³/mol. The van der Waals surface area contributed by atoms with Gasteiger partial charge < -0.3 is 4.74 Å². The molecule has 3 atom stereocenters. The van der Waals surface area contributed by atoms with E-state index in [4.69, 9.17) is 4.74 Å². The minimum absolute atomic E-state index is 0.0444. The van der Waals surface area contributed by atoms with Gasteiger partial charge in [0.1, 0.15) is 5.92 Å². The monoisotopic (exact) mass is 244 g/mol. The van der Waals surface area contributed by atoms with E-state index >= 15 is 0 Å². The van der Waals surface area contributed by atoms with E-state index in [1.165, 1.54) is 0 Å². The quantitative estimate of drug-likeness (QED) is 0.813. The molecule has 0 amide bonds. The lowest BCUT2D eigenvalue weighted by atomic mass is 9.86. The van der Waals surface area contributed by atoms with Crippen LogP contribution in [0.3, 0.4) is 0 Å². The average Bonchev–Trinajstić information content (AvgIpc) is 2.89. The van der Waals surface area contributed by atoms with Crippen LogP contribution in [0.1, 0.15) is 31.4 Å². The molecule has 0 aromatic carbocycles. The number of hydrogen-bond donors (Lipinski definition) is 0. The molecule has 0 bridgehead atoms. The zero-order valence-corrected chi connectivity index (χ0v) is 10.4. The van der Waals surface area contributed by atoms with Gasteiger partial charge in [-0.3, -0.25) is 9.78 Å². The van der Waals surface area contributed by atoms with Crippen molar-refractivity contribution in [2.45, 2.75) is 31.8 Å². The smallest absolute Gasteiger partial charge is 0.161 e. The number of hydrogen-bond acceptors (Lipinski definition) is 4. The molecule has 0 saturated carbocycles. The fourth-order valence-corrected chi connectivity index (χ4v) is 2.41. The summed E-state index contributed by atoms with van der Waals surface area (Å²) in [6.45, 7) is 2.60. The molecule has 3 unspecified atom stereocenters. The van der Waals surface area contributed by atoms with E-state index in [0.717, 1.165) is 6.42 Å². The van der Waals surface area contributed by atoms with Crippen LogP contribution in [0.25, 0.3) is 0 Å². The molecule has 1 saturated heterocycles. The highest BCUT2D eigenvalue weighted by Crippen LogP contribution is 2.29. The van der Waals surface area contributed by atoms with Crippen LogP contribution in [-0.4, -0.2) is 23.5 Å². The van der Waals surface area contributed by atoms with Crippen molar-refractivity contribution in [3.63, 3.8) is 0 Å². The fraction of sp³-hybridized carbons (Fsp3) is 0.500. The molecule has 1 fully saturated rings. The number of carbonyl (C=O) groups excluding carboxylic acids is 1. The molecule has 1 aromatic rings. The summed E-state index contributed by atoms with van der Waals surface area (Å²) >= 11 is 0. The third kappa shape index (κ3) is 2.41. The second-order valence-electron chi connectivity index (χ2n) is 4.43. The SMILES string of the molecule is CCC1OCCC1C(=O)C(C#N)c1ccccn1. The van der Waals surface area contributed by atoms with Crippen molar-refractivity contribution >= 4 is 5.78 Å². The number of rotatable bonds is 4. The van der Waals surface area contributed by atoms with Gasteiger partial charge in [0.15, 0.2) is 5.78 Å². The first-order valence-electron chi connectivity index (χ1n) is 6.23. The minimum Gasteiger partial charge on any atom is -0.377 e. The minimum atomic E-state index is -0.771. The molecular weight excluding hydrogens is 228 g/mol. The first-order chi connectivity index (χ1) is 8.77. The highest BCUT2D eigenvalue weighted by atomic mass is 16.5. The molecule has 94 valence electrons. The Morgan fingerprint density at radius 3 is 3.11 bits per heavy atom. The Bertz CT molecular complexity index is 453. The molecule has 0 N–H and O–H groups in total. The van der Waals surface area contributed by atoms with Crippen molar-refractivity contribution in [2.75, 3.05) is 6.61 Å². The zero-order chi connectivity index (χ0) is 13.0. The fourth-order valence-electron chi connectivity index (χ4n) is 2.41. The van der Waals surface area contributed by atoms with Crippen LogP contribution in [-0.2, 0) is 9.53 Å². The third-order valence-corrected chi connectivity index (χ3v) is 3.37. The van der Waals surface area contributed by atoms with Crippen LogP contribution in [0.4, 0.5) is 0 Å². The maximum absolute atomic E-state index is 12.4. The number of Topliss-reactive ketones (excluding diaryl/α,β-unsaturated/α-hetero) is 1. The molecule has 0 radical (unpaired) electrons. The number of pyridine rings is 1. The summed E-state index contributed by atoms with van der Waals surface area (Å²) in [6.07, 6.45) is 3.08. The van der Waals surface area contributed by atoms with Crippen molar-refractivity contribution in [1.29, 1.82) is 5.26 Å². The molecule has 0 aliphatic carbocycles. The summed E-state index contributed by atoms with van der Waals surface area (Å²) in [5, 5.41) is 9.22. The van der Waals surface area contributed by atoms with Crippen molar-refractivity contribution in [1.82, 2.24) is 4.98 Å². The number of ether oxygens (including phenoxy) is 1. The molecule has 1 aliphatic heterocycles. The van der Waals surface area contributed by atoms with Gasteiger partial charge in [-0.25, -0.2) is 0 Å². The van der Waals surface area contributed by atoms with Gasteiger partial charge in [-0.2, -0.15) is 5.26 Å². The van der Waals surface area contributed by atoms with Crippen LogP contribution in [0.15, 0.2) is 24.4 Å². The van der Waals surface area contributed by atoms with Gasteiger partial charge in [-0.15, -0.1) is 0 Å². The van der Waals surface area contributed by atoms with Crippen molar-refractivity contribution in [3.8, 4) is 6.07 Å². The van der Waals surface area contributed by atoms with E-state index < -0.39 is 5.92 Å². The second kappa shape index (κ2) is 5.74. The van der Waals surface area contributed by atoms with E-state index in [2.05, 4.69) is 11.1 Å². The maximum atomic E-state index is 12.4. The highest BCUT2D eigenvalue weighted by Gasteiger charge is 2.37. The summed E-state index contributed by atoms with van der Waals surface area (Å²) in [5.74, 6) is -0.992. The van der Waals surface area contributed by atoms with Crippen LogP contribution >= 0.6 is 0 Å². The Hall–Kier alpha value is -1.73. The number of nitrogens with zero attached hydrogens (tertiary/aromatic N) is 2. The lowest BCUT2D eigenvalue weighted by molar-refractivity contribution is -0.124. The predicted octanol–water partition coefficient (Wildman–Crippen LogP) is 2.07. The standard InChI is InChI=1S/C14H16N2O2/c1-2-13-10(6-8-18-13)14(17)11(9-15)12-5-3-4-7-16-12/h3-5,7,10-11,13H,2,6,8H2,1H3. The Morgan fingerprint density at radius 1 is 1.67 bits per heavy atom. The second-order valence-corrected chi connectivity index (χ2v) is 4.43. The van der Waals surface area contributed by atoms with E-state index in [9.17, 15) is 10.1 Å². The van der Waals surface area contributed by atoms with Gasteiger partial charge in [0.2, 0.25) is 0 Å². The zero-order valence-electron chi connectivity index (χ0n) is 10.4. The molecule has 0 spiro atoms. The van der Waals surface area contributed by atoms with Gasteiger partial charge in [0, 0.05) is 18.7 Å². The number of carbonyl (C=O) groups is 1.